The summed E-state index contributed by atoms with van der Waals surface area (Å²) in [5.74, 6) is 0.570. The van der Waals surface area contributed by atoms with Gasteiger partial charge in [0.1, 0.15) is 0 Å². The van der Waals surface area contributed by atoms with Crippen LogP contribution in [0, 0.1) is 16.0 Å². The van der Waals surface area contributed by atoms with Gasteiger partial charge in [0.15, 0.2) is 5.13 Å². The molecule has 28 heavy (non-hydrogen) atoms. The van der Waals surface area contributed by atoms with Crippen molar-refractivity contribution < 1.29 is 9.72 Å². The lowest BCUT2D eigenvalue weighted by atomic mass is 9.88. The highest BCUT2D eigenvalue weighted by atomic mass is 32.1. The second-order valence-corrected chi connectivity index (χ2v) is 9.17. The first-order valence-electron chi connectivity index (χ1n) is 9.08. The molecule has 0 fully saturated rings. The van der Waals surface area contributed by atoms with E-state index < -0.39 is 4.92 Å². The van der Waals surface area contributed by atoms with E-state index in [0.29, 0.717) is 17.5 Å². The number of carbonyl (C=O) groups is 1. The number of thiophene rings is 1. The number of hydrogen-bond acceptors (Lipinski definition) is 6. The Bertz CT molecular complexity index is 1040. The third-order valence-electron chi connectivity index (χ3n) is 4.92. The van der Waals surface area contributed by atoms with Crippen LogP contribution in [0.25, 0.3) is 0 Å². The maximum Gasteiger partial charge on any atom is 0.269 e. The normalized spacial score (nSPS) is 15.8. The maximum absolute atomic E-state index is 12.7. The summed E-state index contributed by atoms with van der Waals surface area (Å²) in [6.45, 7) is 2.25. The summed E-state index contributed by atoms with van der Waals surface area (Å²) in [4.78, 5) is 29.8. The van der Waals surface area contributed by atoms with Gasteiger partial charge in [-0.1, -0.05) is 19.1 Å². The van der Waals surface area contributed by atoms with E-state index in [4.69, 9.17) is 0 Å². The Morgan fingerprint density at radius 3 is 3.11 bits per heavy atom. The van der Waals surface area contributed by atoms with Gasteiger partial charge in [0.2, 0.25) is 0 Å². The van der Waals surface area contributed by atoms with Gasteiger partial charge in [0.05, 0.1) is 10.5 Å². The van der Waals surface area contributed by atoms with Gasteiger partial charge in [0, 0.05) is 39.9 Å². The molecule has 2 heterocycles. The predicted molar refractivity (Wildman–Crippen MR) is 111 cm³/mol. The van der Waals surface area contributed by atoms with Gasteiger partial charge in [-0.25, -0.2) is 4.98 Å². The van der Waals surface area contributed by atoms with Gasteiger partial charge < -0.3 is 0 Å². The summed E-state index contributed by atoms with van der Waals surface area (Å²) in [6.07, 6.45) is 5.38. The molecule has 1 atom stereocenters. The number of amides is 1. The topological polar surface area (TPSA) is 85.1 Å². The Kier molecular flexibility index (Phi) is 5.23. The van der Waals surface area contributed by atoms with Crippen LogP contribution in [0.3, 0.4) is 0 Å². The predicted octanol–water partition coefficient (Wildman–Crippen LogP) is 5.08. The molecule has 4 rings (SSSR count). The smallest absolute Gasteiger partial charge is 0.269 e. The standard InChI is InChI=1S/C20H19N3O3S2/c1-12-5-6-16-17(11-27-18(16)7-12)19(24)22-20-21-10-15(28-20)9-13-3-2-4-14(8-13)23(25)26/h2-4,8,10-12H,5-7,9H2,1H3,(H,21,22,24)/t12-/m1/s1. The molecule has 1 amide bonds. The van der Waals surface area contributed by atoms with E-state index in [2.05, 4.69) is 17.2 Å². The van der Waals surface area contributed by atoms with E-state index in [1.54, 1.807) is 29.7 Å². The average molecular weight is 414 g/mol. The van der Waals surface area contributed by atoms with E-state index in [-0.39, 0.29) is 11.6 Å². The van der Waals surface area contributed by atoms with Crippen molar-refractivity contribution in [3.8, 4) is 0 Å². The molecule has 1 aromatic carbocycles. The molecule has 3 aromatic rings. The fraction of sp³-hybridized carbons (Fsp3) is 0.300. The first-order chi connectivity index (χ1) is 13.5. The molecule has 144 valence electrons. The summed E-state index contributed by atoms with van der Waals surface area (Å²) >= 11 is 3.07. The molecule has 0 aliphatic heterocycles. The van der Waals surface area contributed by atoms with Crippen LogP contribution in [0.4, 0.5) is 10.8 Å². The van der Waals surface area contributed by atoms with Gasteiger partial charge in [-0.15, -0.1) is 22.7 Å². The van der Waals surface area contributed by atoms with Gasteiger partial charge >= 0.3 is 0 Å². The summed E-state index contributed by atoms with van der Waals surface area (Å²) in [5, 5.41) is 16.3. The van der Waals surface area contributed by atoms with Crippen LogP contribution < -0.4 is 5.32 Å². The zero-order valence-corrected chi connectivity index (χ0v) is 16.9. The van der Waals surface area contributed by atoms with Crippen molar-refractivity contribution in [1.82, 2.24) is 4.98 Å². The second kappa shape index (κ2) is 7.81. The van der Waals surface area contributed by atoms with Crippen molar-refractivity contribution in [2.75, 3.05) is 5.32 Å². The minimum absolute atomic E-state index is 0.0760. The Hall–Kier alpha value is -2.58. The number of fused-ring (bicyclic) bond motifs is 1. The molecule has 0 unspecified atom stereocenters. The molecule has 1 aliphatic carbocycles. The Labute approximate surface area is 170 Å². The van der Waals surface area contributed by atoms with Crippen LogP contribution in [0.1, 0.15) is 44.6 Å². The van der Waals surface area contributed by atoms with Crippen molar-refractivity contribution in [3.05, 3.63) is 72.4 Å². The molecule has 8 heteroatoms. The number of nitro groups is 1. The largest absolute Gasteiger partial charge is 0.298 e. The molecule has 1 aliphatic rings. The van der Waals surface area contributed by atoms with E-state index in [0.717, 1.165) is 35.3 Å². The number of nitrogens with one attached hydrogen (secondary N) is 1. The lowest BCUT2D eigenvalue weighted by Crippen LogP contribution is -2.16. The molecule has 2 aromatic heterocycles. The molecule has 0 saturated heterocycles. The molecule has 0 spiro atoms. The van der Waals surface area contributed by atoms with Crippen LogP contribution in [0.15, 0.2) is 35.8 Å². The summed E-state index contributed by atoms with van der Waals surface area (Å²) in [6, 6.07) is 6.57. The molecular weight excluding hydrogens is 394 g/mol. The highest BCUT2D eigenvalue weighted by Gasteiger charge is 2.23. The summed E-state index contributed by atoms with van der Waals surface area (Å²) in [5.41, 5.74) is 2.88. The van der Waals surface area contributed by atoms with Gasteiger partial charge in [-0.3, -0.25) is 20.2 Å². The zero-order valence-electron chi connectivity index (χ0n) is 15.3. The third-order valence-corrected chi connectivity index (χ3v) is 6.88. The number of anilines is 1. The molecular formula is C20H19N3O3S2. The van der Waals surface area contributed by atoms with Crippen LogP contribution in [-0.4, -0.2) is 15.8 Å². The van der Waals surface area contributed by atoms with Crippen LogP contribution in [-0.2, 0) is 19.3 Å². The summed E-state index contributed by atoms with van der Waals surface area (Å²) in [7, 11) is 0. The molecule has 6 nitrogen and oxygen atoms in total. The number of non-ortho nitro benzene ring substituents is 1. The van der Waals surface area contributed by atoms with Crippen LogP contribution >= 0.6 is 22.7 Å². The Morgan fingerprint density at radius 1 is 1.43 bits per heavy atom. The number of hydrogen-bond donors (Lipinski definition) is 1. The van der Waals surface area contributed by atoms with Gasteiger partial charge in [0.25, 0.3) is 11.6 Å². The fourth-order valence-corrected chi connectivity index (χ4v) is 5.55. The fourth-order valence-electron chi connectivity index (χ4n) is 3.46. The van der Waals surface area contributed by atoms with Crippen molar-refractivity contribution in [3.63, 3.8) is 0 Å². The number of benzene rings is 1. The van der Waals surface area contributed by atoms with Crippen molar-refractivity contribution in [2.24, 2.45) is 5.92 Å². The lowest BCUT2D eigenvalue weighted by molar-refractivity contribution is -0.384. The zero-order chi connectivity index (χ0) is 19.7. The minimum atomic E-state index is -0.399. The monoisotopic (exact) mass is 413 g/mol. The van der Waals surface area contributed by atoms with E-state index in [1.807, 2.05) is 11.4 Å². The van der Waals surface area contributed by atoms with E-state index in [9.17, 15) is 14.9 Å². The van der Waals surface area contributed by atoms with E-state index in [1.165, 1.54) is 27.8 Å². The molecule has 1 N–H and O–H groups in total. The van der Waals surface area contributed by atoms with Crippen LogP contribution in [0.2, 0.25) is 0 Å². The number of rotatable bonds is 5. The average Bonchev–Trinajstić information content (AvgIpc) is 3.28. The second-order valence-electron chi connectivity index (χ2n) is 7.09. The number of thiazole rings is 1. The lowest BCUT2D eigenvalue weighted by Gasteiger charge is -2.18. The highest BCUT2D eigenvalue weighted by Crippen LogP contribution is 2.33. The molecule has 0 radical (unpaired) electrons. The first-order valence-corrected chi connectivity index (χ1v) is 10.8. The quantitative estimate of drug-likeness (QED) is 0.467. The molecule has 0 bridgehead atoms. The molecule has 0 saturated carbocycles. The van der Waals surface area contributed by atoms with Gasteiger partial charge in [-0.05, 0) is 36.3 Å². The number of nitrogens with zero attached hydrogens (tertiary/aromatic N) is 2. The van der Waals surface area contributed by atoms with Crippen molar-refractivity contribution in [2.45, 2.75) is 32.6 Å². The highest BCUT2D eigenvalue weighted by molar-refractivity contribution is 7.15. The van der Waals surface area contributed by atoms with Gasteiger partial charge in [-0.2, -0.15) is 0 Å². The first kappa shape index (κ1) is 18.8. The summed E-state index contributed by atoms with van der Waals surface area (Å²) < 4.78 is 0. The van der Waals surface area contributed by atoms with Crippen molar-refractivity contribution >= 4 is 39.4 Å². The SMILES string of the molecule is C[C@@H]1CCc2c(C(=O)Nc3ncc(Cc4cccc([N+](=O)[O-])c4)s3)csc2C1. The number of carbonyl (C=O) groups excluding carboxylic acids is 1. The third kappa shape index (κ3) is 3.98. The number of nitro benzene ring substituents is 1. The maximum atomic E-state index is 12.7. The number of aromatic nitrogens is 1. The van der Waals surface area contributed by atoms with Crippen molar-refractivity contribution in [1.29, 1.82) is 0 Å². The Balaban J connectivity index is 1.45. The van der Waals surface area contributed by atoms with E-state index >= 15 is 0 Å². The Morgan fingerprint density at radius 2 is 2.29 bits per heavy atom. The minimum Gasteiger partial charge on any atom is -0.298 e. The van der Waals surface area contributed by atoms with Crippen LogP contribution in [0.5, 0.6) is 0 Å².